The van der Waals surface area contributed by atoms with Gasteiger partial charge in [0.2, 0.25) is 5.91 Å². The van der Waals surface area contributed by atoms with Crippen LogP contribution in [-0.4, -0.2) is 24.4 Å². The SMILES string of the molecule is CC(NC(=O)CN(C)Cc1ccc(Cl)cc1)c1ccc(F)cc1. The van der Waals surface area contributed by atoms with Gasteiger partial charge in [-0.1, -0.05) is 35.9 Å². The predicted octanol–water partition coefficient (Wildman–Crippen LogP) is 3.79. The van der Waals surface area contributed by atoms with E-state index in [1.54, 1.807) is 12.1 Å². The number of nitrogens with zero attached hydrogens (tertiary/aromatic N) is 1. The van der Waals surface area contributed by atoms with Gasteiger partial charge in [-0.15, -0.1) is 0 Å². The van der Waals surface area contributed by atoms with Crippen molar-refractivity contribution in [1.29, 1.82) is 0 Å². The lowest BCUT2D eigenvalue weighted by atomic mass is 10.1. The van der Waals surface area contributed by atoms with Crippen LogP contribution in [0.5, 0.6) is 0 Å². The van der Waals surface area contributed by atoms with E-state index in [1.165, 1.54) is 12.1 Å². The maximum Gasteiger partial charge on any atom is 0.234 e. The number of hydrogen-bond acceptors (Lipinski definition) is 2. The highest BCUT2D eigenvalue weighted by atomic mass is 35.5. The van der Waals surface area contributed by atoms with Crippen molar-refractivity contribution in [3.05, 3.63) is 70.5 Å². The molecule has 0 aromatic heterocycles. The Bertz CT molecular complexity index is 643. The van der Waals surface area contributed by atoms with Crippen LogP contribution in [0.4, 0.5) is 4.39 Å². The predicted molar refractivity (Wildman–Crippen MR) is 90.7 cm³/mol. The average molecular weight is 335 g/mol. The Kier molecular flexibility index (Phi) is 6.13. The maximum absolute atomic E-state index is 12.9. The summed E-state index contributed by atoms with van der Waals surface area (Å²) in [6.07, 6.45) is 0. The molecule has 0 aliphatic carbocycles. The summed E-state index contributed by atoms with van der Waals surface area (Å²) in [7, 11) is 1.89. The van der Waals surface area contributed by atoms with Crippen LogP contribution in [0.1, 0.15) is 24.1 Å². The van der Waals surface area contributed by atoms with Crippen LogP contribution in [0.2, 0.25) is 5.02 Å². The second kappa shape index (κ2) is 8.09. The second-order valence-electron chi connectivity index (χ2n) is 5.64. The van der Waals surface area contributed by atoms with Crippen molar-refractivity contribution in [2.75, 3.05) is 13.6 Å². The lowest BCUT2D eigenvalue weighted by molar-refractivity contribution is -0.122. The summed E-state index contributed by atoms with van der Waals surface area (Å²) in [6, 6.07) is 13.5. The molecule has 1 unspecified atom stereocenters. The second-order valence-corrected chi connectivity index (χ2v) is 6.08. The van der Waals surface area contributed by atoms with Crippen LogP contribution >= 0.6 is 11.6 Å². The van der Waals surface area contributed by atoms with Crippen LogP contribution in [0.3, 0.4) is 0 Å². The van der Waals surface area contributed by atoms with Crippen molar-refractivity contribution in [1.82, 2.24) is 10.2 Å². The quantitative estimate of drug-likeness (QED) is 0.871. The molecule has 1 N–H and O–H groups in total. The van der Waals surface area contributed by atoms with Gasteiger partial charge in [-0.25, -0.2) is 4.39 Å². The molecule has 0 fully saturated rings. The maximum atomic E-state index is 12.9. The van der Waals surface area contributed by atoms with Gasteiger partial charge in [0.05, 0.1) is 12.6 Å². The third-order valence-corrected chi connectivity index (χ3v) is 3.78. The first kappa shape index (κ1) is 17.4. The third kappa shape index (κ3) is 5.66. The highest BCUT2D eigenvalue weighted by Gasteiger charge is 2.12. The Hall–Kier alpha value is -1.91. The summed E-state index contributed by atoms with van der Waals surface area (Å²) in [5, 5.41) is 3.61. The van der Waals surface area contributed by atoms with Gasteiger partial charge in [0, 0.05) is 11.6 Å². The minimum Gasteiger partial charge on any atom is -0.348 e. The fourth-order valence-electron chi connectivity index (χ4n) is 2.32. The van der Waals surface area contributed by atoms with Crippen LogP contribution < -0.4 is 5.32 Å². The van der Waals surface area contributed by atoms with Gasteiger partial charge in [0.1, 0.15) is 5.82 Å². The fraction of sp³-hybridized carbons (Fsp3) is 0.278. The number of carbonyl (C=O) groups is 1. The molecule has 0 heterocycles. The summed E-state index contributed by atoms with van der Waals surface area (Å²) in [5.41, 5.74) is 1.97. The molecule has 2 aromatic rings. The molecule has 0 bridgehead atoms. The monoisotopic (exact) mass is 334 g/mol. The van der Waals surface area contributed by atoms with Crippen molar-refractivity contribution < 1.29 is 9.18 Å². The molecule has 0 saturated carbocycles. The molecule has 0 saturated heterocycles. The summed E-state index contributed by atoms with van der Waals surface area (Å²) in [4.78, 5) is 14.0. The normalized spacial score (nSPS) is 12.2. The minimum absolute atomic E-state index is 0.0710. The Labute approximate surface area is 141 Å². The molecule has 0 spiro atoms. The van der Waals surface area contributed by atoms with Crippen molar-refractivity contribution >= 4 is 17.5 Å². The number of halogens is 2. The van der Waals surface area contributed by atoms with E-state index in [-0.39, 0.29) is 24.3 Å². The molecule has 0 aliphatic heterocycles. The first-order chi connectivity index (χ1) is 10.9. The van der Waals surface area contributed by atoms with E-state index in [1.807, 2.05) is 43.1 Å². The molecular weight excluding hydrogens is 315 g/mol. The number of carbonyl (C=O) groups excluding carboxylic acids is 1. The molecule has 0 aliphatic rings. The van der Waals surface area contributed by atoms with E-state index < -0.39 is 0 Å². The largest absolute Gasteiger partial charge is 0.348 e. The molecular formula is C18H20ClFN2O. The summed E-state index contributed by atoms with van der Waals surface area (Å²) in [5.74, 6) is -0.353. The van der Waals surface area contributed by atoms with Crippen molar-refractivity contribution in [3.8, 4) is 0 Å². The van der Waals surface area contributed by atoms with Gasteiger partial charge in [0.15, 0.2) is 0 Å². The first-order valence-corrected chi connectivity index (χ1v) is 7.79. The number of likely N-dealkylation sites (N-methyl/N-ethyl adjacent to an activating group) is 1. The van der Waals surface area contributed by atoms with Gasteiger partial charge < -0.3 is 5.32 Å². The first-order valence-electron chi connectivity index (χ1n) is 7.42. The highest BCUT2D eigenvalue weighted by Crippen LogP contribution is 2.13. The average Bonchev–Trinajstić information content (AvgIpc) is 2.50. The van der Waals surface area contributed by atoms with Crippen LogP contribution in [0, 0.1) is 5.82 Å². The molecule has 3 nitrogen and oxygen atoms in total. The summed E-state index contributed by atoms with van der Waals surface area (Å²) in [6.45, 7) is 2.83. The standard InChI is InChI=1S/C18H20ClFN2O/c1-13(15-5-9-17(20)10-6-15)21-18(23)12-22(2)11-14-3-7-16(19)8-4-14/h3-10,13H,11-12H2,1-2H3,(H,21,23). The van der Waals surface area contributed by atoms with Gasteiger partial charge in [-0.3, -0.25) is 9.69 Å². The lowest BCUT2D eigenvalue weighted by Crippen LogP contribution is -2.36. The fourth-order valence-corrected chi connectivity index (χ4v) is 2.45. The Morgan fingerprint density at radius 2 is 1.78 bits per heavy atom. The Morgan fingerprint density at radius 3 is 2.39 bits per heavy atom. The van der Waals surface area contributed by atoms with Gasteiger partial charge in [0.25, 0.3) is 0 Å². The van der Waals surface area contributed by atoms with Crippen LogP contribution in [-0.2, 0) is 11.3 Å². The highest BCUT2D eigenvalue weighted by molar-refractivity contribution is 6.30. The molecule has 0 radical (unpaired) electrons. The van der Waals surface area contributed by atoms with Crippen LogP contribution in [0.25, 0.3) is 0 Å². The van der Waals surface area contributed by atoms with Crippen molar-refractivity contribution in [2.45, 2.75) is 19.5 Å². The summed E-state index contributed by atoms with van der Waals surface area (Å²) >= 11 is 5.86. The minimum atomic E-state index is -0.282. The molecule has 122 valence electrons. The van der Waals surface area contributed by atoms with E-state index >= 15 is 0 Å². The van der Waals surface area contributed by atoms with Crippen molar-refractivity contribution in [3.63, 3.8) is 0 Å². The summed E-state index contributed by atoms with van der Waals surface area (Å²) < 4.78 is 12.9. The number of benzene rings is 2. The molecule has 2 aromatic carbocycles. The topological polar surface area (TPSA) is 32.3 Å². The molecule has 1 atom stereocenters. The molecule has 2 rings (SSSR count). The Balaban J connectivity index is 1.83. The zero-order chi connectivity index (χ0) is 16.8. The van der Waals surface area contributed by atoms with E-state index in [0.29, 0.717) is 11.6 Å². The van der Waals surface area contributed by atoms with E-state index in [4.69, 9.17) is 11.6 Å². The third-order valence-electron chi connectivity index (χ3n) is 3.53. The Morgan fingerprint density at radius 1 is 1.17 bits per heavy atom. The zero-order valence-corrected chi connectivity index (χ0v) is 14.0. The van der Waals surface area contributed by atoms with Gasteiger partial charge in [-0.2, -0.15) is 0 Å². The van der Waals surface area contributed by atoms with Gasteiger partial charge >= 0.3 is 0 Å². The molecule has 1 amide bonds. The van der Waals surface area contributed by atoms with Crippen molar-refractivity contribution in [2.24, 2.45) is 0 Å². The number of amides is 1. The smallest absolute Gasteiger partial charge is 0.234 e. The number of rotatable bonds is 6. The van der Waals surface area contributed by atoms with Gasteiger partial charge in [-0.05, 0) is 49.4 Å². The van der Waals surface area contributed by atoms with Crippen LogP contribution in [0.15, 0.2) is 48.5 Å². The molecule has 23 heavy (non-hydrogen) atoms. The number of nitrogens with one attached hydrogen (secondary N) is 1. The molecule has 5 heteroatoms. The number of hydrogen-bond donors (Lipinski definition) is 1. The van der Waals surface area contributed by atoms with E-state index in [9.17, 15) is 9.18 Å². The lowest BCUT2D eigenvalue weighted by Gasteiger charge is -2.19. The zero-order valence-electron chi connectivity index (χ0n) is 13.2. The van der Waals surface area contributed by atoms with E-state index in [2.05, 4.69) is 5.32 Å². The van der Waals surface area contributed by atoms with E-state index in [0.717, 1.165) is 11.1 Å².